The van der Waals surface area contributed by atoms with Crippen LogP contribution in [-0.4, -0.2) is 13.1 Å². The molecule has 1 saturated heterocycles. The van der Waals surface area contributed by atoms with Gasteiger partial charge < -0.3 is 5.32 Å². The Balaban J connectivity index is 1.94. The number of hydrogen-bond donors (Lipinski definition) is 1. The number of nitrogens with one attached hydrogen (secondary N) is 1. The zero-order chi connectivity index (χ0) is 15.5. The van der Waals surface area contributed by atoms with Gasteiger partial charge in [0.15, 0.2) is 0 Å². The van der Waals surface area contributed by atoms with Gasteiger partial charge in [-0.25, -0.2) is 8.78 Å². The lowest BCUT2D eigenvalue weighted by Crippen LogP contribution is -2.26. The van der Waals surface area contributed by atoms with Gasteiger partial charge in [-0.15, -0.1) is 0 Å². The molecule has 0 unspecified atom stereocenters. The van der Waals surface area contributed by atoms with Crippen LogP contribution in [-0.2, 0) is 0 Å². The topological polar surface area (TPSA) is 12.0 Å². The van der Waals surface area contributed by atoms with Crippen LogP contribution in [0.5, 0.6) is 0 Å². The third kappa shape index (κ3) is 3.62. The molecule has 2 aromatic carbocycles. The summed E-state index contributed by atoms with van der Waals surface area (Å²) in [5.41, 5.74) is 1.09. The highest BCUT2D eigenvalue weighted by Crippen LogP contribution is 2.39. The average Bonchev–Trinajstić information content (AvgIpc) is 2.52. The van der Waals surface area contributed by atoms with Crippen molar-refractivity contribution in [3.63, 3.8) is 0 Å². The van der Waals surface area contributed by atoms with Crippen molar-refractivity contribution in [1.82, 2.24) is 5.32 Å². The number of hydrogen-bond acceptors (Lipinski definition) is 2. The molecule has 0 amide bonds. The van der Waals surface area contributed by atoms with Gasteiger partial charge in [0.05, 0.1) is 0 Å². The molecule has 0 saturated carbocycles. The van der Waals surface area contributed by atoms with Gasteiger partial charge in [-0.1, -0.05) is 29.4 Å². The fourth-order valence-electron chi connectivity index (χ4n) is 2.74. The largest absolute Gasteiger partial charge is 0.317 e. The second-order valence-electron chi connectivity index (χ2n) is 5.38. The summed E-state index contributed by atoms with van der Waals surface area (Å²) in [7, 11) is 0. The Kier molecular flexibility index (Phi) is 5.01. The van der Waals surface area contributed by atoms with Gasteiger partial charge in [-0.2, -0.15) is 0 Å². The fraction of sp³-hybridized carbons (Fsp3) is 0.294. The summed E-state index contributed by atoms with van der Waals surface area (Å²) in [6.45, 7) is 1.91. The molecule has 0 aliphatic carbocycles. The molecule has 1 aliphatic rings. The third-order valence-electron chi connectivity index (χ3n) is 3.87. The first-order chi connectivity index (χ1) is 10.6. The summed E-state index contributed by atoms with van der Waals surface area (Å²) >= 11 is 7.18. The molecule has 2 aromatic rings. The van der Waals surface area contributed by atoms with Gasteiger partial charge >= 0.3 is 0 Å². The molecule has 1 heterocycles. The van der Waals surface area contributed by atoms with Crippen LogP contribution in [0.25, 0.3) is 0 Å². The van der Waals surface area contributed by atoms with Crippen molar-refractivity contribution in [1.29, 1.82) is 0 Å². The predicted octanol–water partition coefficient (Wildman–Crippen LogP) is 5.24. The van der Waals surface area contributed by atoms with E-state index >= 15 is 0 Å². The highest BCUT2D eigenvalue weighted by atomic mass is 35.5. The first-order valence-electron chi connectivity index (χ1n) is 7.26. The Bertz CT molecular complexity index is 672. The standard InChI is InChI=1S/C17H16ClF2NS/c18-12-1-4-15(20)17(9-12)22-16-10-13(19)2-3-14(16)11-5-7-21-8-6-11/h1-4,9-11,21H,5-8H2. The fourth-order valence-corrected chi connectivity index (χ4v) is 4.09. The van der Waals surface area contributed by atoms with E-state index in [4.69, 9.17) is 11.6 Å². The molecule has 22 heavy (non-hydrogen) atoms. The van der Waals surface area contributed by atoms with E-state index in [9.17, 15) is 8.78 Å². The van der Waals surface area contributed by atoms with Crippen molar-refractivity contribution in [3.05, 3.63) is 58.6 Å². The lowest BCUT2D eigenvalue weighted by Gasteiger charge is -2.25. The highest BCUT2D eigenvalue weighted by Gasteiger charge is 2.20. The molecule has 1 fully saturated rings. The molecule has 0 spiro atoms. The molecule has 0 radical (unpaired) electrons. The summed E-state index contributed by atoms with van der Waals surface area (Å²) < 4.78 is 27.6. The van der Waals surface area contributed by atoms with Gasteiger partial charge in [0.1, 0.15) is 11.6 Å². The smallest absolute Gasteiger partial charge is 0.137 e. The van der Waals surface area contributed by atoms with Crippen LogP contribution < -0.4 is 5.32 Å². The monoisotopic (exact) mass is 339 g/mol. The van der Waals surface area contributed by atoms with Crippen LogP contribution in [0, 0.1) is 11.6 Å². The van der Waals surface area contributed by atoms with E-state index < -0.39 is 0 Å². The second kappa shape index (κ2) is 6.99. The minimum atomic E-state index is -0.338. The Morgan fingerprint density at radius 3 is 2.55 bits per heavy atom. The molecule has 1 nitrogen and oxygen atoms in total. The Labute approximate surface area is 138 Å². The van der Waals surface area contributed by atoms with Crippen LogP contribution in [0.4, 0.5) is 8.78 Å². The van der Waals surface area contributed by atoms with Crippen molar-refractivity contribution in [3.8, 4) is 0 Å². The summed E-state index contributed by atoms with van der Waals surface area (Å²) in [6.07, 6.45) is 2.02. The number of piperidine rings is 1. The Hall–Kier alpha value is -1.10. The molecule has 1 N–H and O–H groups in total. The molecule has 0 atom stereocenters. The quantitative estimate of drug-likeness (QED) is 0.821. The maximum Gasteiger partial charge on any atom is 0.137 e. The summed E-state index contributed by atoms with van der Waals surface area (Å²) in [5.74, 6) is -0.260. The minimum Gasteiger partial charge on any atom is -0.317 e. The van der Waals surface area contributed by atoms with E-state index in [1.54, 1.807) is 6.07 Å². The van der Waals surface area contributed by atoms with Crippen LogP contribution in [0.2, 0.25) is 5.02 Å². The van der Waals surface area contributed by atoms with Gasteiger partial charge in [0, 0.05) is 14.8 Å². The SMILES string of the molecule is Fc1ccc(C2CCNCC2)c(Sc2cc(Cl)ccc2F)c1. The maximum absolute atomic E-state index is 13.9. The number of benzene rings is 2. The van der Waals surface area contributed by atoms with E-state index in [0.29, 0.717) is 15.8 Å². The van der Waals surface area contributed by atoms with Crippen molar-refractivity contribution in [2.24, 2.45) is 0 Å². The van der Waals surface area contributed by atoms with Gasteiger partial charge in [0.25, 0.3) is 0 Å². The van der Waals surface area contributed by atoms with Crippen molar-refractivity contribution >= 4 is 23.4 Å². The molecule has 0 aromatic heterocycles. The number of rotatable bonds is 3. The normalized spacial score (nSPS) is 16.0. The molecule has 1 aliphatic heterocycles. The molecule has 3 rings (SSSR count). The average molecular weight is 340 g/mol. The Morgan fingerprint density at radius 2 is 1.77 bits per heavy atom. The summed E-state index contributed by atoms with van der Waals surface area (Å²) in [6, 6.07) is 9.24. The van der Waals surface area contributed by atoms with Gasteiger partial charge in [0.2, 0.25) is 0 Å². The highest BCUT2D eigenvalue weighted by molar-refractivity contribution is 7.99. The van der Waals surface area contributed by atoms with Crippen molar-refractivity contribution in [2.45, 2.75) is 28.6 Å². The van der Waals surface area contributed by atoms with Gasteiger partial charge in [-0.05, 0) is 67.7 Å². The lowest BCUT2D eigenvalue weighted by atomic mass is 9.90. The van der Waals surface area contributed by atoms with E-state index in [1.165, 1.54) is 36.0 Å². The molecule has 116 valence electrons. The van der Waals surface area contributed by atoms with E-state index in [1.807, 2.05) is 6.07 Å². The molecular formula is C17H16ClF2NS. The Morgan fingerprint density at radius 1 is 1.00 bits per heavy atom. The first-order valence-corrected chi connectivity index (χ1v) is 8.46. The second-order valence-corrected chi connectivity index (χ2v) is 6.90. The number of halogens is 3. The van der Waals surface area contributed by atoms with Crippen LogP contribution >= 0.6 is 23.4 Å². The van der Waals surface area contributed by atoms with E-state index in [-0.39, 0.29) is 11.6 Å². The maximum atomic E-state index is 13.9. The van der Waals surface area contributed by atoms with Gasteiger partial charge in [-0.3, -0.25) is 0 Å². The molecule has 0 bridgehead atoms. The van der Waals surface area contributed by atoms with Crippen molar-refractivity contribution in [2.75, 3.05) is 13.1 Å². The van der Waals surface area contributed by atoms with E-state index in [2.05, 4.69) is 5.32 Å². The predicted molar refractivity (Wildman–Crippen MR) is 86.8 cm³/mol. The zero-order valence-corrected chi connectivity index (χ0v) is 13.5. The zero-order valence-electron chi connectivity index (χ0n) is 11.9. The van der Waals surface area contributed by atoms with E-state index in [0.717, 1.165) is 36.4 Å². The summed E-state index contributed by atoms with van der Waals surface area (Å²) in [5, 5.41) is 3.80. The van der Waals surface area contributed by atoms with Crippen LogP contribution in [0.15, 0.2) is 46.2 Å². The van der Waals surface area contributed by atoms with Crippen LogP contribution in [0.3, 0.4) is 0 Å². The molecule has 5 heteroatoms. The third-order valence-corrected chi connectivity index (χ3v) is 5.21. The molecular weight excluding hydrogens is 324 g/mol. The van der Waals surface area contributed by atoms with Crippen molar-refractivity contribution < 1.29 is 8.78 Å². The lowest BCUT2D eigenvalue weighted by molar-refractivity contribution is 0.455. The summed E-state index contributed by atoms with van der Waals surface area (Å²) in [4.78, 5) is 1.20. The first kappa shape index (κ1) is 15.8. The van der Waals surface area contributed by atoms with Crippen LogP contribution in [0.1, 0.15) is 24.3 Å². The minimum absolute atomic E-state index is 0.303.